The first-order chi connectivity index (χ1) is 14.1. The second-order valence-corrected chi connectivity index (χ2v) is 6.51. The average Bonchev–Trinajstić information content (AvgIpc) is 2.76. The Bertz CT molecular complexity index is 974. The van der Waals surface area contributed by atoms with E-state index in [-0.39, 0.29) is 5.91 Å². The number of aryl methyl sites for hydroxylation is 1. The van der Waals surface area contributed by atoms with Gasteiger partial charge in [-0.25, -0.2) is 9.97 Å². The maximum Gasteiger partial charge on any atom is 0.254 e. The van der Waals surface area contributed by atoms with E-state index in [9.17, 15) is 4.79 Å². The molecule has 0 fully saturated rings. The lowest BCUT2D eigenvalue weighted by atomic mass is 10.1. The third-order valence-electron chi connectivity index (χ3n) is 4.35. The summed E-state index contributed by atoms with van der Waals surface area (Å²) in [7, 11) is 3.16. The Balaban J connectivity index is 1.55. The zero-order valence-corrected chi connectivity index (χ0v) is 16.7. The smallest absolute Gasteiger partial charge is 0.254 e. The average molecular weight is 392 g/mol. The van der Waals surface area contributed by atoms with Crippen LogP contribution in [0.5, 0.6) is 11.5 Å². The molecule has 150 valence electrons. The third kappa shape index (κ3) is 5.44. The van der Waals surface area contributed by atoms with Gasteiger partial charge in [-0.3, -0.25) is 4.79 Å². The summed E-state index contributed by atoms with van der Waals surface area (Å²) in [5, 5.41) is 6.01. The lowest BCUT2D eigenvalue weighted by molar-refractivity contribution is 0.0950. The van der Waals surface area contributed by atoms with Crippen molar-refractivity contribution in [3.05, 3.63) is 77.1 Å². The van der Waals surface area contributed by atoms with Crippen LogP contribution in [0.3, 0.4) is 0 Å². The van der Waals surface area contributed by atoms with Crippen molar-refractivity contribution in [3.8, 4) is 11.5 Å². The summed E-state index contributed by atoms with van der Waals surface area (Å²) < 4.78 is 10.5. The van der Waals surface area contributed by atoms with Crippen molar-refractivity contribution in [3.63, 3.8) is 0 Å². The van der Waals surface area contributed by atoms with Crippen molar-refractivity contribution in [2.45, 2.75) is 20.0 Å². The number of ether oxygens (including phenoxy) is 2. The molecule has 0 radical (unpaired) electrons. The van der Waals surface area contributed by atoms with Gasteiger partial charge in [0.1, 0.15) is 0 Å². The predicted octanol–water partition coefficient (Wildman–Crippen LogP) is 3.34. The van der Waals surface area contributed by atoms with Gasteiger partial charge in [0, 0.05) is 25.5 Å². The van der Waals surface area contributed by atoms with E-state index < -0.39 is 0 Å². The standard InChI is InChI=1S/C22H24N4O3/c1-15-5-4-6-16(9-15)12-24-22-25-13-18(14-26-22)21(27)23-11-17-7-8-19(28-2)20(10-17)29-3/h4-10,13-14H,11-12H2,1-3H3,(H,23,27)(H,24,25,26). The molecular formula is C22H24N4O3. The van der Waals surface area contributed by atoms with Gasteiger partial charge in [-0.15, -0.1) is 0 Å². The summed E-state index contributed by atoms with van der Waals surface area (Å²) in [5.41, 5.74) is 3.64. The van der Waals surface area contributed by atoms with E-state index in [2.05, 4.69) is 39.7 Å². The Labute approximate surface area is 170 Å². The van der Waals surface area contributed by atoms with Crippen molar-refractivity contribution in [2.75, 3.05) is 19.5 Å². The number of nitrogens with one attached hydrogen (secondary N) is 2. The Morgan fingerprint density at radius 3 is 2.34 bits per heavy atom. The molecule has 0 atom stereocenters. The summed E-state index contributed by atoms with van der Waals surface area (Å²) >= 11 is 0. The third-order valence-corrected chi connectivity index (χ3v) is 4.35. The fourth-order valence-corrected chi connectivity index (χ4v) is 2.81. The van der Waals surface area contributed by atoms with E-state index in [4.69, 9.17) is 9.47 Å². The minimum Gasteiger partial charge on any atom is -0.493 e. The summed E-state index contributed by atoms with van der Waals surface area (Å²) in [4.78, 5) is 20.8. The second-order valence-electron chi connectivity index (χ2n) is 6.51. The number of hydrogen-bond donors (Lipinski definition) is 2. The van der Waals surface area contributed by atoms with E-state index in [0.29, 0.717) is 36.1 Å². The number of aromatic nitrogens is 2. The van der Waals surface area contributed by atoms with Crippen molar-refractivity contribution in [1.29, 1.82) is 0 Å². The topological polar surface area (TPSA) is 85.4 Å². The molecule has 1 amide bonds. The number of rotatable bonds is 8. The van der Waals surface area contributed by atoms with Crippen LogP contribution in [-0.4, -0.2) is 30.1 Å². The number of hydrogen-bond acceptors (Lipinski definition) is 6. The van der Waals surface area contributed by atoms with Crippen molar-refractivity contribution >= 4 is 11.9 Å². The van der Waals surface area contributed by atoms with Crippen LogP contribution in [0.15, 0.2) is 54.9 Å². The molecule has 7 nitrogen and oxygen atoms in total. The summed E-state index contributed by atoms with van der Waals surface area (Å²) in [6, 6.07) is 13.7. The maximum absolute atomic E-state index is 12.4. The molecule has 0 aliphatic carbocycles. The molecule has 0 aliphatic rings. The number of amides is 1. The number of anilines is 1. The first kappa shape index (κ1) is 20.1. The lowest BCUT2D eigenvalue weighted by Crippen LogP contribution is -2.23. The molecule has 0 spiro atoms. The second kappa shape index (κ2) is 9.54. The molecule has 7 heteroatoms. The van der Waals surface area contributed by atoms with Crippen LogP contribution in [0.25, 0.3) is 0 Å². The first-order valence-electron chi connectivity index (χ1n) is 9.19. The molecule has 1 aromatic heterocycles. The normalized spacial score (nSPS) is 10.3. The molecule has 1 heterocycles. The molecule has 0 aliphatic heterocycles. The SMILES string of the molecule is COc1ccc(CNC(=O)c2cnc(NCc3cccc(C)c3)nc2)cc1OC. The van der Waals surface area contributed by atoms with E-state index in [1.165, 1.54) is 18.0 Å². The molecule has 2 aromatic carbocycles. The maximum atomic E-state index is 12.4. The molecule has 2 N–H and O–H groups in total. The highest BCUT2D eigenvalue weighted by Gasteiger charge is 2.09. The monoisotopic (exact) mass is 392 g/mol. The Hall–Kier alpha value is -3.61. The summed E-state index contributed by atoms with van der Waals surface area (Å²) in [6.07, 6.45) is 3.02. The molecule has 29 heavy (non-hydrogen) atoms. The zero-order chi connectivity index (χ0) is 20.6. The highest BCUT2D eigenvalue weighted by atomic mass is 16.5. The van der Waals surface area contributed by atoms with E-state index >= 15 is 0 Å². The van der Waals surface area contributed by atoms with E-state index in [1.807, 2.05) is 24.3 Å². The van der Waals surface area contributed by atoms with Gasteiger partial charge in [0.15, 0.2) is 11.5 Å². The van der Waals surface area contributed by atoms with Gasteiger partial charge in [-0.05, 0) is 30.2 Å². The largest absolute Gasteiger partial charge is 0.493 e. The van der Waals surface area contributed by atoms with E-state index in [1.54, 1.807) is 20.3 Å². The van der Waals surface area contributed by atoms with Crippen LogP contribution >= 0.6 is 0 Å². The van der Waals surface area contributed by atoms with Gasteiger partial charge in [0.25, 0.3) is 5.91 Å². The van der Waals surface area contributed by atoms with Crippen molar-refractivity contribution in [2.24, 2.45) is 0 Å². The van der Waals surface area contributed by atoms with Gasteiger partial charge < -0.3 is 20.1 Å². The molecule has 3 aromatic rings. The van der Waals surface area contributed by atoms with Crippen LogP contribution in [-0.2, 0) is 13.1 Å². The van der Waals surface area contributed by atoms with Gasteiger partial charge in [0.2, 0.25) is 5.95 Å². The van der Waals surface area contributed by atoms with Crippen LogP contribution in [0.4, 0.5) is 5.95 Å². The summed E-state index contributed by atoms with van der Waals surface area (Å²) in [5.74, 6) is 1.49. The molecule has 0 unspecified atom stereocenters. The molecule has 0 saturated heterocycles. The van der Waals surface area contributed by atoms with Gasteiger partial charge in [-0.1, -0.05) is 35.9 Å². The van der Waals surface area contributed by atoms with Gasteiger partial charge in [-0.2, -0.15) is 0 Å². The van der Waals surface area contributed by atoms with Gasteiger partial charge >= 0.3 is 0 Å². The molecule has 0 bridgehead atoms. The Kier molecular flexibility index (Phi) is 6.63. The fraction of sp³-hybridized carbons (Fsp3) is 0.227. The van der Waals surface area contributed by atoms with Crippen LogP contribution in [0.1, 0.15) is 27.0 Å². The fourth-order valence-electron chi connectivity index (χ4n) is 2.81. The number of methoxy groups -OCH3 is 2. The van der Waals surface area contributed by atoms with E-state index in [0.717, 1.165) is 11.1 Å². The lowest BCUT2D eigenvalue weighted by Gasteiger charge is -2.10. The minimum absolute atomic E-state index is 0.245. The molecule has 0 saturated carbocycles. The van der Waals surface area contributed by atoms with Crippen molar-refractivity contribution < 1.29 is 14.3 Å². The highest BCUT2D eigenvalue weighted by molar-refractivity contribution is 5.93. The molecular weight excluding hydrogens is 368 g/mol. The predicted molar refractivity (Wildman–Crippen MR) is 111 cm³/mol. The zero-order valence-electron chi connectivity index (χ0n) is 16.7. The number of benzene rings is 2. The quantitative estimate of drug-likeness (QED) is 0.612. The first-order valence-corrected chi connectivity index (χ1v) is 9.19. The van der Waals surface area contributed by atoms with Crippen molar-refractivity contribution in [1.82, 2.24) is 15.3 Å². The number of carbonyl (C=O) groups excluding carboxylic acids is 1. The van der Waals surface area contributed by atoms with Crippen LogP contribution < -0.4 is 20.1 Å². The number of carbonyl (C=O) groups is 1. The van der Waals surface area contributed by atoms with Gasteiger partial charge in [0.05, 0.1) is 19.8 Å². The molecule has 3 rings (SSSR count). The number of nitrogens with zero attached hydrogens (tertiary/aromatic N) is 2. The highest BCUT2D eigenvalue weighted by Crippen LogP contribution is 2.27. The van der Waals surface area contributed by atoms with Crippen LogP contribution in [0, 0.1) is 6.92 Å². The summed E-state index contributed by atoms with van der Waals surface area (Å²) in [6.45, 7) is 3.02. The Morgan fingerprint density at radius 1 is 0.931 bits per heavy atom. The Morgan fingerprint density at radius 2 is 1.66 bits per heavy atom. The van der Waals surface area contributed by atoms with Crippen LogP contribution in [0.2, 0.25) is 0 Å². The minimum atomic E-state index is -0.245.